The second kappa shape index (κ2) is 4.29. The normalized spacial score (nSPS) is 8.00. The molecule has 0 radical (unpaired) electrons. The van der Waals surface area contributed by atoms with Gasteiger partial charge in [-0.3, -0.25) is 14.6 Å². The summed E-state index contributed by atoms with van der Waals surface area (Å²) in [7, 11) is 0. The Labute approximate surface area is 63.2 Å². The zero-order valence-electron chi connectivity index (χ0n) is 5.65. The van der Waals surface area contributed by atoms with Crippen molar-refractivity contribution in [3.8, 4) is 0 Å². The van der Waals surface area contributed by atoms with Gasteiger partial charge >= 0.3 is 0 Å². The van der Waals surface area contributed by atoms with Crippen LogP contribution in [0.3, 0.4) is 0 Å². The summed E-state index contributed by atoms with van der Waals surface area (Å²) in [6.07, 6.45) is 1.72. The van der Waals surface area contributed by atoms with Gasteiger partial charge in [-0.15, -0.1) is 0 Å². The van der Waals surface area contributed by atoms with Gasteiger partial charge in [0.15, 0.2) is 6.29 Å². The average Bonchev–Trinajstić information content (AvgIpc) is 2.05. The molecule has 0 saturated carbocycles. The molecule has 1 aromatic rings. The number of hydrogen-bond acceptors (Lipinski definition) is 3. The fourth-order valence-electron chi connectivity index (χ4n) is 0.569. The van der Waals surface area contributed by atoms with E-state index in [1.165, 1.54) is 12.3 Å². The molecule has 1 rings (SSSR count). The first-order chi connectivity index (χ1) is 4.84. The highest BCUT2D eigenvalue weighted by Crippen LogP contribution is 1.91. The van der Waals surface area contributed by atoms with E-state index in [2.05, 4.69) is 4.98 Å². The third-order valence-electron chi connectivity index (χ3n) is 1.02. The van der Waals surface area contributed by atoms with Gasteiger partial charge in [0.2, 0.25) is 5.78 Å². The predicted molar refractivity (Wildman–Crippen MR) is 38.2 cm³/mol. The van der Waals surface area contributed by atoms with Crippen LogP contribution in [0.15, 0.2) is 24.4 Å². The number of aromatic nitrogens is 1. The minimum atomic E-state index is -0.583. The molecule has 0 fully saturated rings. The minimum absolute atomic E-state index is 0. The molecule has 0 aliphatic heterocycles. The third-order valence-corrected chi connectivity index (χ3v) is 1.02. The van der Waals surface area contributed by atoms with Gasteiger partial charge in [0.05, 0.1) is 0 Å². The van der Waals surface area contributed by atoms with Crippen LogP contribution in [0.4, 0.5) is 0 Å². The number of carbonyl (C=O) groups is 2. The Morgan fingerprint density at radius 1 is 1.45 bits per heavy atom. The SMILES string of the molecule is O.O=CC(=O)c1ccccn1. The molecule has 0 aliphatic carbocycles. The van der Waals surface area contributed by atoms with Crippen LogP contribution in [0.5, 0.6) is 0 Å². The summed E-state index contributed by atoms with van der Waals surface area (Å²) in [5, 5.41) is 0. The first-order valence-corrected chi connectivity index (χ1v) is 2.75. The van der Waals surface area contributed by atoms with Gasteiger partial charge in [0.25, 0.3) is 0 Å². The van der Waals surface area contributed by atoms with Crippen molar-refractivity contribution in [3.63, 3.8) is 0 Å². The van der Waals surface area contributed by atoms with E-state index in [4.69, 9.17) is 0 Å². The highest BCUT2D eigenvalue weighted by Gasteiger charge is 2.01. The standard InChI is InChI=1S/C7H5NO2.H2O/c9-5-7(10)6-3-1-2-4-8-6;/h1-5H;1H2. The van der Waals surface area contributed by atoms with Crippen molar-refractivity contribution in [1.82, 2.24) is 4.98 Å². The molecule has 4 heteroatoms. The van der Waals surface area contributed by atoms with Crippen LogP contribution in [-0.2, 0) is 4.79 Å². The summed E-state index contributed by atoms with van der Waals surface area (Å²) < 4.78 is 0. The van der Waals surface area contributed by atoms with E-state index in [0.717, 1.165) is 0 Å². The summed E-state index contributed by atoms with van der Waals surface area (Å²) in [5.41, 5.74) is 0.192. The Morgan fingerprint density at radius 2 is 2.18 bits per heavy atom. The lowest BCUT2D eigenvalue weighted by atomic mass is 10.3. The molecule has 0 bridgehead atoms. The van der Waals surface area contributed by atoms with Crippen molar-refractivity contribution in [2.24, 2.45) is 0 Å². The van der Waals surface area contributed by atoms with Crippen molar-refractivity contribution in [3.05, 3.63) is 30.1 Å². The van der Waals surface area contributed by atoms with Crippen LogP contribution >= 0.6 is 0 Å². The number of Topliss-reactive ketones (excluding diaryl/α,β-unsaturated/α-hetero) is 1. The third kappa shape index (κ3) is 2.27. The largest absolute Gasteiger partial charge is 0.412 e. The monoisotopic (exact) mass is 153 g/mol. The number of aldehydes is 1. The number of hydrogen-bond donors (Lipinski definition) is 0. The van der Waals surface area contributed by atoms with Crippen molar-refractivity contribution in [2.75, 3.05) is 0 Å². The molecule has 0 aromatic carbocycles. The van der Waals surface area contributed by atoms with Crippen LogP contribution in [0, 0.1) is 0 Å². The smallest absolute Gasteiger partial charge is 0.243 e. The van der Waals surface area contributed by atoms with E-state index in [1.54, 1.807) is 12.1 Å². The first kappa shape index (κ1) is 9.45. The summed E-state index contributed by atoms with van der Waals surface area (Å²) in [4.78, 5) is 24.2. The summed E-state index contributed by atoms with van der Waals surface area (Å²) in [6.45, 7) is 0. The lowest BCUT2D eigenvalue weighted by molar-refractivity contribution is -0.104. The molecule has 2 N–H and O–H groups in total. The Morgan fingerprint density at radius 3 is 2.64 bits per heavy atom. The fourth-order valence-corrected chi connectivity index (χ4v) is 0.569. The van der Waals surface area contributed by atoms with Crippen molar-refractivity contribution < 1.29 is 15.1 Å². The highest BCUT2D eigenvalue weighted by molar-refractivity contribution is 6.32. The van der Waals surface area contributed by atoms with Crippen molar-refractivity contribution in [1.29, 1.82) is 0 Å². The number of ketones is 1. The van der Waals surface area contributed by atoms with Gasteiger partial charge in [-0.05, 0) is 12.1 Å². The molecule has 0 spiro atoms. The quantitative estimate of drug-likeness (QED) is 0.330. The molecule has 4 nitrogen and oxygen atoms in total. The molecule has 0 unspecified atom stereocenters. The molecule has 0 saturated heterocycles. The van der Waals surface area contributed by atoms with E-state index in [-0.39, 0.29) is 17.5 Å². The topological polar surface area (TPSA) is 78.5 Å². The number of rotatable bonds is 2. The first-order valence-electron chi connectivity index (χ1n) is 2.75. The number of pyridine rings is 1. The molecular weight excluding hydrogens is 146 g/mol. The zero-order chi connectivity index (χ0) is 7.40. The lowest BCUT2D eigenvalue weighted by Gasteiger charge is -1.87. The average molecular weight is 153 g/mol. The second-order valence-corrected chi connectivity index (χ2v) is 1.70. The van der Waals surface area contributed by atoms with Crippen LogP contribution in [0.1, 0.15) is 10.5 Å². The van der Waals surface area contributed by atoms with Crippen LogP contribution in [0.2, 0.25) is 0 Å². The van der Waals surface area contributed by atoms with E-state index in [0.29, 0.717) is 0 Å². The van der Waals surface area contributed by atoms with E-state index < -0.39 is 5.78 Å². The molecule has 0 aliphatic rings. The van der Waals surface area contributed by atoms with Crippen molar-refractivity contribution in [2.45, 2.75) is 0 Å². The van der Waals surface area contributed by atoms with Crippen LogP contribution in [0.25, 0.3) is 0 Å². The second-order valence-electron chi connectivity index (χ2n) is 1.70. The van der Waals surface area contributed by atoms with Gasteiger partial charge in [-0.25, -0.2) is 0 Å². The van der Waals surface area contributed by atoms with E-state index in [1.807, 2.05) is 0 Å². The molecule has 1 heterocycles. The molecular formula is C7H7NO3. The summed E-state index contributed by atoms with van der Waals surface area (Å²) in [6, 6.07) is 4.84. The maximum atomic E-state index is 10.6. The Bertz CT molecular complexity index is 245. The number of carbonyl (C=O) groups excluding carboxylic acids is 2. The Kier molecular flexibility index (Phi) is 3.69. The summed E-state index contributed by atoms with van der Waals surface area (Å²) >= 11 is 0. The van der Waals surface area contributed by atoms with E-state index in [9.17, 15) is 9.59 Å². The molecule has 0 atom stereocenters. The predicted octanol–water partition coefficient (Wildman–Crippen LogP) is -0.361. The van der Waals surface area contributed by atoms with Gasteiger partial charge in [0, 0.05) is 6.20 Å². The molecule has 11 heavy (non-hydrogen) atoms. The minimum Gasteiger partial charge on any atom is -0.412 e. The molecule has 1 aromatic heterocycles. The molecule has 58 valence electrons. The van der Waals surface area contributed by atoms with Crippen LogP contribution in [-0.4, -0.2) is 22.5 Å². The summed E-state index contributed by atoms with van der Waals surface area (Å²) in [5.74, 6) is -0.583. The fraction of sp³-hybridized carbons (Fsp3) is 0. The lowest BCUT2D eigenvalue weighted by Crippen LogP contribution is -2.01. The van der Waals surface area contributed by atoms with Crippen LogP contribution < -0.4 is 0 Å². The van der Waals surface area contributed by atoms with Gasteiger partial charge in [-0.2, -0.15) is 0 Å². The van der Waals surface area contributed by atoms with Crippen molar-refractivity contribution >= 4 is 12.1 Å². The van der Waals surface area contributed by atoms with Gasteiger partial charge < -0.3 is 5.48 Å². The van der Waals surface area contributed by atoms with E-state index >= 15 is 0 Å². The van der Waals surface area contributed by atoms with Gasteiger partial charge in [-0.1, -0.05) is 6.07 Å². The highest BCUT2D eigenvalue weighted by atomic mass is 16.2. The zero-order valence-corrected chi connectivity index (χ0v) is 5.65. The van der Waals surface area contributed by atoms with Gasteiger partial charge in [0.1, 0.15) is 5.69 Å². The number of nitrogens with zero attached hydrogens (tertiary/aromatic N) is 1. The maximum Gasteiger partial charge on any atom is 0.243 e. The Hall–Kier alpha value is -1.55. The molecule has 0 amide bonds. The maximum absolute atomic E-state index is 10.6. The Balaban J connectivity index is 0.000001000.